The number of aromatic nitrogens is 1. The van der Waals surface area contributed by atoms with Crippen LogP contribution < -0.4 is 10.1 Å². The monoisotopic (exact) mass is 410 g/mol. The van der Waals surface area contributed by atoms with Crippen molar-refractivity contribution in [2.24, 2.45) is 0 Å². The third-order valence-corrected chi connectivity index (χ3v) is 6.55. The van der Waals surface area contributed by atoms with Crippen molar-refractivity contribution in [3.63, 3.8) is 0 Å². The van der Waals surface area contributed by atoms with E-state index in [4.69, 9.17) is 9.47 Å². The van der Waals surface area contributed by atoms with Gasteiger partial charge in [-0.25, -0.2) is 13.6 Å². The quantitative estimate of drug-likeness (QED) is 0.658. The van der Waals surface area contributed by atoms with Gasteiger partial charge in [-0.3, -0.25) is 10.1 Å². The van der Waals surface area contributed by atoms with Crippen LogP contribution in [0.25, 0.3) is 22.0 Å². The van der Waals surface area contributed by atoms with Crippen molar-refractivity contribution in [1.29, 1.82) is 0 Å². The Morgan fingerprint density at radius 3 is 2.50 bits per heavy atom. The van der Waals surface area contributed by atoms with Gasteiger partial charge in [0, 0.05) is 22.7 Å². The number of aromatic amines is 1. The van der Waals surface area contributed by atoms with Crippen LogP contribution in [0.3, 0.4) is 0 Å². The molecule has 8 heteroatoms. The maximum Gasteiger partial charge on any atom is 0.415 e. The number of ether oxygens (including phenoxy) is 2. The van der Waals surface area contributed by atoms with E-state index in [0.717, 1.165) is 24.8 Å². The van der Waals surface area contributed by atoms with Gasteiger partial charge in [0.25, 0.3) is 5.91 Å². The van der Waals surface area contributed by atoms with Crippen molar-refractivity contribution in [3.05, 3.63) is 53.2 Å². The Bertz CT molecular complexity index is 1290. The molecule has 3 heterocycles. The molecule has 2 fully saturated rings. The molecule has 0 unspecified atom stereocenters. The molecular weight excluding hydrogens is 394 g/mol. The van der Waals surface area contributed by atoms with Crippen LogP contribution in [0, 0.1) is 11.6 Å². The summed E-state index contributed by atoms with van der Waals surface area (Å²) in [5.74, 6) is -1.66. The van der Waals surface area contributed by atoms with Crippen molar-refractivity contribution >= 4 is 22.9 Å². The van der Waals surface area contributed by atoms with Crippen LogP contribution in [0.2, 0.25) is 0 Å². The number of alkyl carbamates (subject to hydrolysis) is 1. The Morgan fingerprint density at radius 1 is 1.07 bits per heavy atom. The van der Waals surface area contributed by atoms with E-state index in [2.05, 4.69) is 10.3 Å². The molecule has 1 atom stereocenters. The predicted octanol–water partition coefficient (Wildman–Crippen LogP) is 4.37. The number of hydrogen-bond acceptors (Lipinski definition) is 4. The fourth-order valence-corrected chi connectivity index (χ4v) is 4.73. The van der Waals surface area contributed by atoms with E-state index in [9.17, 15) is 14.0 Å². The van der Waals surface area contributed by atoms with Gasteiger partial charge in [-0.15, -0.1) is 0 Å². The van der Waals surface area contributed by atoms with Crippen LogP contribution in [0.1, 0.15) is 37.3 Å². The SMILES string of the molecule is C[C@@]1(c2c[nH]c3cc(F)c(-c4ccc5c(c4)OC54CCC4)c(F)c23)OC(=O)NC1=O. The number of fused-ring (bicyclic) bond motifs is 3. The standard InChI is InChI=1S/C22H16F2N2O4/c1-21(19(27)26-20(28)30-21)12-9-25-14-8-13(23)16(18(24)17(12)14)10-3-4-11-15(7-10)29-22(11)5-2-6-22/h3-4,7-9,25H,2,5-6H2,1H3,(H,26,27,28)/t21-/m0/s1. The zero-order valence-corrected chi connectivity index (χ0v) is 15.9. The molecule has 1 saturated heterocycles. The molecule has 3 aliphatic rings. The second-order valence-corrected chi connectivity index (χ2v) is 8.21. The van der Waals surface area contributed by atoms with Gasteiger partial charge in [0.1, 0.15) is 23.0 Å². The molecule has 30 heavy (non-hydrogen) atoms. The number of carbonyl (C=O) groups excluding carboxylic acids is 2. The molecule has 2 aliphatic heterocycles. The molecule has 2 amide bonds. The number of H-pyrrole nitrogens is 1. The zero-order chi connectivity index (χ0) is 20.8. The van der Waals surface area contributed by atoms with Crippen molar-refractivity contribution in [3.8, 4) is 16.9 Å². The summed E-state index contributed by atoms with van der Waals surface area (Å²) in [4.78, 5) is 26.6. The Hall–Kier alpha value is -3.42. The van der Waals surface area contributed by atoms with Gasteiger partial charge in [-0.05, 0) is 43.9 Å². The van der Waals surface area contributed by atoms with E-state index in [-0.39, 0.29) is 27.6 Å². The number of amides is 2. The first kappa shape index (κ1) is 17.4. The average Bonchev–Trinajstić information content (AvgIpc) is 3.16. The summed E-state index contributed by atoms with van der Waals surface area (Å²) in [7, 11) is 0. The van der Waals surface area contributed by atoms with Crippen LogP contribution in [0.15, 0.2) is 30.5 Å². The fourth-order valence-electron chi connectivity index (χ4n) is 4.73. The molecule has 6 nitrogen and oxygen atoms in total. The fraction of sp³-hybridized carbons (Fsp3) is 0.273. The molecule has 2 N–H and O–H groups in total. The predicted molar refractivity (Wildman–Crippen MR) is 102 cm³/mol. The number of rotatable bonds is 2. The Morgan fingerprint density at radius 2 is 1.87 bits per heavy atom. The Kier molecular flexibility index (Phi) is 3.13. The van der Waals surface area contributed by atoms with E-state index in [1.54, 1.807) is 12.1 Å². The van der Waals surface area contributed by atoms with Gasteiger partial charge in [0.15, 0.2) is 0 Å². The van der Waals surface area contributed by atoms with Gasteiger partial charge in [0.2, 0.25) is 5.60 Å². The van der Waals surface area contributed by atoms with Crippen LogP contribution in [0.5, 0.6) is 5.75 Å². The van der Waals surface area contributed by atoms with Crippen molar-refractivity contribution in [2.75, 3.05) is 0 Å². The van der Waals surface area contributed by atoms with Gasteiger partial charge in [-0.2, -0.15) is 0 Å². The zero-order valence-electron chi connectivity index (χ0n) is 15.9. The summed E-state index contributed by atoms with van der Waals surface area (Å²) in [6, 6.07) is 6.36. The molecule has 1 spiro atoms. The molecule has 152 valence electrons. The smallest absolute Gasteiger partial charge is 0.415 e. The third kappa shape index (κ3) is 2.00. The summed E-state index contributed by atoms with van der Waals surface area (Å²) >= 11 is 0. The van der Waals surface area contributed by atoms with Crippen molar-refractivity contribution in [1.82, 2.24) is 10.3 Å². The van der Waals surface area contributed by atoms with E-state index in [0.29, 0.717) is 11.3 Å². The molecule has 1 aliphatic carbocycles. The van der Waals surface area contributed by atoms with Gasteiger partial charge in [-0.1, -0.05) is 12.1 Å². The normalized spacial score (nSPS) is 23.4. The minimum Gasteiger partial charge on any atom is -0.482 e. The van der Waals surface area contributed by atoms with Gasteiger partial charge in [0.05, 0.1) is 11.1 Å². The molecule has 6 rings (SSSR count). The highest BCUT2D eigenvalue weighted by Gasteiger charge is 2.50. The first-order chi connectivity index (χ1) is 14.3. The first-order valence-corrected chi connectivity index (χ1v) is 9.70. The number of halogens is 2. The number of carbonyl (C=O) groups is 2. The number of nitrogens with one attached hydrogen (secondary N) is 2. The summed E-state index contributed by atoms with van der Waals surface area (Å²) < 4.78 is 41.6. The van der Waals surface area contributed by atoms with E-state index in [1.807, 2.05) is 6.07 Å². The minimum absolute atomic E-state index is 0.00202. The minimum atomic E-state index is -1.72. The highest BCUT2D eigenvalue weighted by atomic mass is 19.1. The summed E-state index contributed by atoms with van der Waals surface area (Å²) in [5, 5.41) is 2.05. The molecule has 0 bridgehead atoms. The van der Waals surface area contributed by atoms with E-state index >= 15 is 4.39 Å². The second-order valence-electron chi connectivity index (χ2n) is 8.21. The molecule has 2 aromatic carbocycles. The molecule has 3 aromatic rings. The lowest BCUT2D eigenvalue weighted by Gasteiger charge is -2.50. The molecule has 1 aromatic heterocycles. The Labute approximate surface area is 169 Å². The van der Waals surface area contributed by atoms with Crippen LogP contribution in [-0.2, 0) is 20.7 Å². The maximum atomic E-state index is 15.7. The van der Waals surface area contributed by atoms with Crippen LogP contribution >= 0.6 is 0 Å². The maximum absolute atomic E-state index is 15.7. The Balaban J connectivity index is 1.52. The lowest BCUT2D eigenvalue weighted by atomic mass is 9.71. The van der Waals surface area contributed by atoms with Gasteiger partial charge < -0.3 is 14.5 Å². The highest BCUT2D eigenvalue weighted by molar-refractivity contribution is 6.06. The van der Waals surface area contributed by atoms with Gasteiger partial charge >= 0.3 is 6.09 Å². The second kappa shape index (κ2) is 5.38. The van der Waals surface area contributed by atoms with Crippen LogP contribution in [-0.4, -0.2) is 17.0 Å². The number of benzene rings is 2. The highest BCUT2D eigenvalue weighted by Crippen LogP contribution is 2.56. The topological polar surface area (TPSA) is 80.4 Å². The largest absolute Gasteiger partial charge is 0.482 e. The van der Waals surface area contributed by atoms with Crippen LogP contribution in [0.4, 0.5) is 13.6 Å². The third-order valence-electron chi connectivity index (χ3n) is 6.55. The van der Waals surface area contributed by atoms with E-state index < -0.39 is 29.2 Å². The van der Waals surface area contributed by atoms with E-state index in [1.165, 1.54) is 19.2 Å². The lowest BCUT2D eigenvalue weighted by molar-refractivity contribution is -0.130. The van der Waals surface area contributed by atoms with Crippen molar-refractivity contribution < 1.29 is 27.8 Å². The first-order valence-electron chi connectivity index (χ1n) is 9.70. The summed E-state index contributed by atoms with van der Waals surface area (Å²) in [5.41, 5.74) is -0.461. The van der Waals surface area contributed by atoms with Crippen molar-refractivity contribution in [2.45, 2.75) is 37.4 Å². The molecule has 0 radical (unpaired) electrons. The molecule has 1 saturated carbocycles. The summed E-state index contributed by atoms with van der Waals surface area (Å²) in [6.45, 7) is 1.37. The lowest BCUT2D eigenvalue weighted by Crippen LogP contribution is -2.47. The summed E-state index contributed by atoms with van der Waals surface area (Å²) in [6.07, 6.45) is 3.47. The number of imide groups is 1. The average molecular weight is 410 g/mol. The number of cyclic esters (lactones) is 1. The number of hydrogen-bond donors (Lipinski definition) is 2. The molecular formula is C22H16F2N2O4.